The minimum Gasteiger partial charge on any atom is -0.507 e. The van der Waals surface area contributed by atoms with Crippen LogP contribution in [-0.4, -0.2) is 5.11 Å². The van der Waals surface area contributed by atoms with E-state index in [0.717, 1.165) is 36.0 Å². The summed E-state index contributed by atoms with van der Waals surface area (Å²) in [6.07, 6.45) is 3.75. The number of benzene rings is 2. The first kappa shape index (κ1) is 19.2. The Balaban J connectivity index is 2.04. The third-order valence-electron chi connectivity index (χ3n) is 5.48. The Morgan fingerprint density at radius 1 is 1.07 bits per heavy atom. The van der Waals surface area contributed by atoms with Crippen LogP contribution in [0.25, 0.3) is 11.0 Å². The fourth-order valence-electron chi connectivity index (χ4n) is 3.53. The molecule has 1 aromatic heterocycles. The first-order chi connectivity index (χ1) is 12.8. The zero-order valence-corrected chi connectivity index (χ0v) is 16.6. The minimum atomic E-state index is -0.339. The zero-order chi connectivity index (χ0) is 19.6. The Labute approximate surface area is 160 Å². The highest BCUT2D eigenvalue weighted by Gasteiger charge is 2.22. The van der Waals surface area contributed by atoms with E-state index in [1.807, 2.05) is 43.3 Å². The molecule has 0 aliphatic rings. The molecule has 0 saturated carbocycles. The number of aryl methyl sites for hydroxylation is 1. The molecule has 142 valence electrons. The van der Waals surface area contributed by atoms with Crippen LogP contribution in [0.2, 0.25) is 0 Å². The molecular formula is C24H28O3. The molecule has 3 nitrogen and oxygen atoms in total. The van der Waals surface area contributed by atoms with E-state index < -0.39 is 0 Å². The van der Waals surface area contributed by atoms with E-state index in [2.05, 4.69) is 20.8 Å². The first-order valence-corrected chi connectivity index (χ1v) is 9.66. The average Bonchev–Trinajstić information content (AvgIpc) is 2.62. The van der Waals surface area contributed by atoms with Gasteiger partial charge in [0.05, 0.1) is 5.39 Å². The third-order valence-corrected chi connectivity index (χ3v) is 5.48. The number of phenolic OH excluding ortho intramolecular Hbond substituents is 1. The molecule has 0 atom stereocenters. The Hall–Kier alpha value is -2.55. The van der Waals surface area contributed by atoms with Crippen LogP contribution in [0.4, 0.5) is 0 Å². The third kappa shape index (κ3) is 4.08. The van der Waals surface area contributed by atoms with Crippen molar-refractivity contribution in [1.82, 2.24) is 0 Å². The lowest BCUT2D eigenvalue weighted by Crippen LogP contribution is -2.17. The Morgan fingerprint density at radius 2 is 1.81 bits per heavy atom. The fourth-order valence-corrected chi connectivity index (χ4v) is 3.53. The minimum absolute atomic E-state index is 0.0833. The second kappa shape index (κ2) is 7.59. The molecule has 0 amide bonds. The molecule has 1 N–H and O–H groups in total. The number of unbranched alkanes of at least 4 members (excludes halogenated alkanes) is 1. The number of rotatable bonds is 6. The van der Waals surface area contributed by atoms with Gasteiger partial charge in [0.1, 0.15) is 11.3 Å². The van der Waals surface area contributed by atoms with Gasteiger partial charge >= 0.3 is 5.63 Å². The van der Waals surface area contributed by atoms with E-state index in [1.54, 1.807) is 6.07 Å². The monoisotopic (exact) mass is 364 g/mol. The fraction of sp³-hybridized carbons (Fsp3) is 0.375. The molecule has 27 heavy (non-hydrogen) atoms. The predicted octanol–water partition coefficient (Wildman–Crippen LogP) is 5.87. The van der Waals surface area contributed by atoms with Crippen molar-refractivity contribution in [2.75, 3.05) is 0 Å². The van der Waals surface area contributed by atoms with Crippen molar-refractivity contribution < 1.29 is 9.52 Å². The summed E-state index contributed by atoms with van der Waals surface area (Å²) in [5, 5.41) is 11.2. The van der Waals surface area contributed by atoms with Crippen LogP contribution < -0.4 is 5.63 Å². The van der Waals surface area contributed by atoms with Crippen LogP contribution >= 0.6 is 0 Å². The molecule has 0 spiro atoms. The van der Waals surface area contributed by atoms with Gasteiger partial charge in [-0.1, -0.05) is 57.9 Å². The van der Waals surface area contributed by atoms with Crippen LogP contribution in [0.1, 0.15) is 62.3 Å². The molecule has 3 aromatic rings. The van der Waals surface area contributed by atoms with E-state index in [4.69, 9.17) is 4.42 Å². The summed E-state index contributed by atoms with van der Waals surface area (Å²) >= 11 is 0. The highest BCUT2D eigenvalue weighted by molar-refractivity contribution is 5.84. The SMILES string of the molecule is CCCCC(C)(C)c1cc(O)c2cc(Cc3ccccc3C)c(=O)oc2c1. The van der Waals surface area contributed by atoms with E-state index >= 15 is 0 Å². The molecule has 1 heterocycles. The summed E-state index contributed by atoms with van der Waals surface area (Å²) in [5.74, 6) is 0.168. The highest BCUT2D eigenvalue weighted by atomic mass is 16.4. The van der Waals surface area contributed by atoms with Gasteiger partial charge in [-0.15, -0.1) is 0 Å². The summed E-state index contributed by atoms with van der Waals surface area (Å²) in [4.78, 5) is 12.5. The van der Waals surface area contributed by atoms with Crippen LogP contribution in [0.5, 0.6) is 5.75 Å². The molecule has 0 fully saturated rings. The molecule has 0 radical (unpaired) electrons. The van der Waals surface area contributed by atoms with Crippen molar-refractivity contribution in [1.29, 1.82) is 0 Å². The van der Waals surface area contributed by atoms with Gasteiger partial charge in [0, 0.05) is 12.0 Å². The molecule has 3 heteroatoms. The van der Waals surface area contributed by atoms with Crippen molar-refractivity contribution in [2.45, 2.75) is 58.8 Å². The van der Waals surface area contributed by atoms with E-state index in [1.165, 1.54) is 0 Å². The first-order valence-electron chi connectivity index (χ1n) is 9.66. The molecule has 0 aliphatic carbocycles. The van der Waals surface area contributed by atoms with Crippen molar-refractivity contribution >= 4 is 11.0 Å². The molecular weight excluding hydrogens is 336 g/mol. The lowest BCUT2D eigenvalue weighted by molar-refractivity contribution is 0.445. The number of hydrogen-bond acceptors (Lipinski definition) is 3. The van der Waals surface area contributed by atoms with Gasteiger partial charge in [-0.2, -0.15) is 0 Å². The average molecular weight is 364 g/mol. The van der Waals surface area contributed by atoms with E-state index in [9.17, 15) is 9.90 Å². The number of fused-ring (bicyclic) bond motifs is 1. The van der Waals surface area contributed by atoms with Crippen LogP contribution in [0, 0.1) is 6.92 Å². The van der Waals surface area contributed by atoms with Crippen LogP contribution in [-0.2, 0) is 11.8 Å². The highest BCUT2D eigenvalue weighted by Crippen LogP contribution is 2.35. The summed E-state index contributed by atoms with van der Waals surface area (Å²) in [7, 11) is 0. The normalized spacial score (nSPS) is 11.9. The predicted molar refractivity (Wildman–Crippen MR) is 111 cm³/mol. The molecule has 3 rings (SSSR count). The Morgan fingerprint density at radius 3 is 2.52 bits per heavy atom. The lowest BCUT2D eigenvalue weighted by atomic mass is 9.80. The lowest BCUT2D eigenvalue weighted by Gasteiger charge is -2.25. The van der Waals surface area contributed by atoms with E-state index in [0.29, 0.717) is 23.0 Å². The van der Waals surface area contributed by atoms with Crippen LogP contribution in [0.3, 0.4) is 0 Å². The zero-order valence-electron chi connectivity index (χ0n) is 16.6. The number of aromatic hydroxyl groups is 1. The quantitative estimate of drug-likeness (QED) is 0.557. The number of hydrogen-bond donors (Lipinski definition) is 1. The summed E-state index contributed by atoms with van der Waals surface area (Å²) in [6, 6.07) is 13.5. The van der Waals surface area contributed by atoms with E-state index in [-0.39, 0.29) is 16.8 Å². The van der Waals surface area contributed by atoms with Gasteiger partial charge in [0.25, 0.3) is 0 Å². The Bertz CT molecular complexity index is 1010. The summed E-state index contributed by atoms with van der Waals surface area (Å²) in [6.45, 7) is 8.52. The molecule has 2 aromatic carbocycles. The smallest absolute Gasteiger partial charge is 0.339 e. The largest absolute Gasteiger partial charge is 0.507 e. The van der Waals surface area contributed by atoms with Gasteiger partial charge in [-0.25, -0.2) is 4.79 Å². The number of phenols is 1. The van der Waals surface area contributed by atoms with Crippen molar-refractivity contribution in [2.24, 2.45) is 0 Å². The molecule has 0 aliphatic heterocycles. The molecule has 0 bridgehead atoms. The second-order valence-electron chi connectivity index (χ2n) is 8.06. The molecule has 0 saturated heterocycles. The standard InChI is InChI=1S/C24H28O3/c1-5-6-11-24(3,4)19-14-21(25)20-13-18(23(26)27-22(20)15-19)12-17-10-8-7-9-16(17)2/h7-10,13-15,25H,5-6,11-12H2,1-4H3. The van der Waals surface area contributed by atoms with Gasteiger partial charge in [0.2, 0.25) is 0 Å². The Kier molecular flexibility index (Phi) is 5.41. The maximum absolute atomic E-state index is 12.5. The van der Waals surface area contributed by atoms with Crippen LogP contribution in [0.15, 0.2) is 51.7 Å². The van der Waals surface area contributed by atoms with Crippen molar-refractivity contribution in [3.05, 3.63) is 75.1 Å². The maximum atomic E-state index is 12.5. The molecule has 0 unspecified atom stereocenters. The summed E-state index contributed by atoms with van der Waals surface area (Å²) < 4.78 is 5.61. The van der Waals surface area contributed by atoms with Gasteiger partial charge in [0.15, 0.2) is 0 Å². The second-order valence-corrected chi connectivity index (χ2v) is 8.06. The summed E-state index contributed by atoms with van der Waals surface area (Å²) in [5.41, 5.74) is 3.80. The maximum Gasteiger partial charge on any atom is 0.339 e. The van der Waals surface area contributed by atoms with Gasteiger partial charge in [-0.05, 0) is 53.6 Å². The van der Waals surface area contributed by atoms with Gasteiger partial charge in [-0.3, -0.25) is 0 Å². The topological polar surface area (TPSA) is 50.4 Å². The van der Waals surface area contributed by atoms with Gasteiger partial charge < -0.3 is 9.52 Å². The van der Waals surface area contributed by atoms with Crippen molar-refractivity contribution in [3.63, 3.8) is 0 Å². The van der Waals surface area contributed by atoms with Crippen molar-refractivity contribution in [3.8, 4) is 5.75 Å².